The minimum absolute atomic E-state index is 0.670. The van der Waals surface area contributed by atoms with Crippen LogP contribution in [-0.4, -0.2) is 24.7 Å². The molecule has 1 fully saturated rings. The highest BCUT2D eigenvalue weighted by Gasteiger charge is 2.11. The fourth-order valence-corrected chi connectivity index (χ4v) is 2.56. The van der Waals surface area contributed by atoms with Crippen LogP contribution < -0.4 is 5.32 Å². The highest BCUT2D eigenvalue weighted by atomic mass is 79.9. The van der Waals surface area contributed by atoms with E-state index in [0.717, 1.165) is 29.1 Å². The van der Waals surface area contributed by atoms with Crippen molar-refractivity contribution in [2.24, 2.45) is 5.92 Å². The first-order valence-electron chi connectivity index (χ1n) is 6.73. The molecule has 0 aromatic carbocycles. The van der Waals surface area contributed by atoms with Gasteiger partial charge in [0.25, 0.3) is 0 Å². The third-order valence-electron chi connectivity index (χ3n) is 3.36. The molecule has 0 bridgehead atoms. The van der Waals surface area contributed by atoms with E-state index in [1.165, 1.54) is 32.4 Å². The third-order valence-corrected chi connectivity index (χ3v) is 3.83. The molecule has 0 aliphatic carbocycles. The Bertz CT molecular complexity index is 336. The molecule has 1 atom stereocenters. The van der Waals surface area contributed by atoms with Gasteiger partial charge in [-0.25, -0.2) is 4.98 Å². The van der Waals surface area contributed by atoms with E-state index >= 15 is 0 Å². The Balaban J connectivity index is 1.54. The zero-order valence-corrected chi connectivity index (χ0v) is 12.3. The molecule has 0 radical (unpaired) electrons. The summed E-state index contributed by atoms with van der Waals surface area (Å²) in [6.07, 6.45) is 7.01. The first-order chi connectivity index (χ1) is 8.84. The maximum Gasteiger partial charge on any atom is 0.106 e. The number of rotatable bonds is 6. The summed E-state index contributed by atoms with van der Waals surface area (Å²) in [7, 11) is 0. The molecular formula is C14H21BrN2O. The van der Waals surface area contributed by atoms with Crippen molar-refractivity contribution in [3.63, 3.8) is 0 Å². The second-order valence-corrected chi connectivity index (χ2v) is 5.71. The van der Waals surface area contributed by atoms with Crippen molar-refractivity contribution >= 4 is 15.9 Å². The Labute approximate surface area is 117 Å². The van der Waals surface area contributed by atoms with Crippen LogP contribution in [0.3, 0.4) is 0 Å². The minimum Gasteiger partial charge on any atom is -0.377 e. The number of ether oxygens (including phenoxy) is 1. The zero-order chi connectivity index (χ0) is 12.6. The smallest absolute Gasteiger partial charge is 0.106 e. The van der Waals surface area contributed by atoms with Gasteiger partial charge in [-0.3, -0.25) is 0 Å². The largest absolute Gasteiger partial charge is 0.377 e. The van der Waals surface area contributed by atoms with Crippen molar-refractivity contribution in [3.05, 3.63) is 28.5 Å². The van der Waals surface area contributed by atoms with Crippen molar-refractivity contribution in [3.8, 4) is 0 Å². The molecule has 0 spiro atoms. The first-order valence-corrected chi connectivity index (χ1v) is 7.53. The van der Waals surface area contributed by atoms with Crippen LogP contribution in [0.2, 0.25) is 0 Å². The average Bonchev–Trinajstić information content (AvgIpc) is 2.42. The Hall–Kier alpha value is -0.450. The fraction of sp³-hybridized carbons (Fsp3) is 0.643. The normalized spacial score (nSPS) is 19.9. The van der Waals surface area contributed by atoms with Gasteiger partial charge in [0.15, 0.2) is 0 Å². The van der Waals surface area contributed by atoms with Crippen LogP contribution in [-0.2, 0) is 11.3 Å². The molecule has 0 amide bonds. The van der Waals surface area contributed by atoms with Gasteiger partial charge in [0.2, 0.25) is 0 Å². The molecule has 1 saturated heterocycles. The number of nitrogens with one attached hydrogen (secondary N) is 1. The molecular weight excluding hydrogens is 292 g/mol. The SMILES string of the molecule is Brc1ccc(COCCC[C@H]2CCCNC2)cn1. The monoisotopic (exact) mass is 312 g/mol. The maximum atomic E-state index is 5.67. The van der Waals surface area contributed by atoms with Crippen LogP contribution >= 0.6 is 15.9 Å². The van der Waals surface area contributed by atoms with Crippen LogP contribution in [0.4, 0.5) is 0 Å². The zero-order valence-electron chi connectivity index (χ0n) is 10.7. The number of nitrogens with zero attached hydrogens (tertiary/aromatic N) is 1. The summed E-state index contributed by atoms with van der Waals surface area (Å²) >= 11 is 3.32. The van der Waals surface area contributed by atoms with Gasteiger partial charge in [-0.1, -0.05) is 6.07 Å². The lowest BCUT2D eigenvalue weighted by molar-refractivity contribution is 0.112. The number of piperidine rings is 1. The van der Waals surface area contributed by atoms with Crippen molar-refractivity contribution in [1.29, 1.82) is 0 Å². The Morgan fingerprint density at radius 3 is 3.11 bits per heavy atom. The molecule has 1 aliphatic rings. The lowest BCUT2D eigenvalue weighted by Crippen LogP contribution is -2.29. The molecule has 18 heavy (non-hydrogen) atoms. The van der Waals surface area contributed by atoms with E-state index in [4.69, 9.17) is 4.74 Å². The Kier molecular flexibility index (Phi) is 6.11. The first kappa shape index (κ1) is 14.0. The molecule has 1 aromatic rings. The van der Waals surface area contributed by atoms with E-state index in [0.29, 0.717) is 6.61 Å². The second-order valence-electron chi connectivity index (χ2n) is 4.90. The lowest BCUT2D eigenvalue weighted by atomic mass is 9.95. The highest BCUT2D eigenvalue weighted by molar-refractivity contribution is 9.10. The number of hydrogen-bond acceptors (Lipinski definition) is 3. The molecule has 0 saturated carbocycles. The summed E-state index contributed by atoms with van der Waals surface area (Å²) in [5, 5.41) is 3.45. The van der Waals surface area contributed by atoms with Gasteiger partial charge in [0, 0.05) is 12.8 Å². The van der Waals surface area contributed by atoms with Crippen LogP contribution in [0.15, 0.2) is 22.9 Å². The minimum atomic E-state index is 0.670. The van der Waals surface area contributed by atoms with Gasteiger partial charge in [-0.2, -0.15) is 0 Å². The quantitative estimate of drug-likeness (QED) is 0.647. The molecule has 2 rings (SSSR count). The van der Waals surface area contributed by atoms with Crippen molar-refractivity contribution in [1.82, 2.24) is 10.3 Å². The summed E-state index contributed by atoms with van der Waals surface area (Å²) in [5.41, 5.74) is 1.14. The van der Waals surface area contributed by atoms with E-state index in [1.54, 1.807) is 0 Å². The van der Waals surface area contributed by atoms with E-state index in [9.17, 15) is 0 Å². The number of pyridine rings is 1. The molecule has 100 valence electrons. The molecule has 1 aliphatic heterocycles. The fourth-order valence-electron chi connectivity index (χ4n) is 2.33. The summed E-state index contributed by atoms with van der Waals surface area (Å²) < 4.78 is 6.55. The van der Waals surface area contributed by atoms with Gasteiger partial charge >= 0.3 is 0 Å². The molecule has 2 heterocycles. The Morgan fingerprint density at radius 2 is 2.39 bits per heavy atom. The predicted octanol–water partition coefficient (Wildman–Crippen LogP) is 3.14. The maximum absolute atomic E-state index is 5.67. The second kappa shape index (κ2) is 7.87. The summed E-state index contributed by atoms with van der Waals surface area (Å²) in [5.74, 6) is 0.858. The van der Waals surface area contributed by atoms with Crippen LogP contribution in [0.1, 0.15) is 31.2 Å². The standard InChI is InChI=1S/C14H21BrN2O/c15-14-6-5-13(10-17-14)11-18-8-2-4-12-3-1-7-16-9-12/h5-6,10,12,16H,1-4,7-9,11H2/t12-/m1/s1. The van der Waals surface area contributed by atoms with Gasteiger partial charge in [0.1, 0.15) is 4.60 Å². The highest BCUT2D eigenvalue weighted by Crippen LogP contribution is 2.16. The summed E-state index contributed by atoms with van der Waals surface area (Å²) in [6.45, 7) is 3.91. The number of halogens is 1. The van der Waals surface area contributed by atoms with Gasteiger partial charge in [-0.15, -0.1) is 0 Å². The lowest BCUT2D eigenvalue weighted by Gasteiger charge is -2.22. The molecule has 3 nitrogen and oxygen atoms in total. The third kappa shape index (κ3) is 5.04. The van der Waals surface area contributed by atoms with E-state index < -0.39 is 0 Å². The van der Waals surface area contributed by atoms with E-state index in [1.807, 2.05) is 18.3 Å². The van der Waals surface area contributed by atoms with E-state index in [2.05, 4.69) is 26.2 Å². The van der Waals surface area contributed by atoms with Crippen LogP contribution in [0, 0.1) is 5.92 Å². The summed E-state index contributed by atoms with van der Waals surface area (Å²) in [4.78, 5) is 4.18. The average molecular weight is 313 g/mol. The summed E-state index contributed by atoms with van der Waals surface area (Å²) in [6, 6.07) is 3.99. The van der Waals surface area contributed by atoms with Crippen LogP contribution in [0.5, 0.6) is 0 Å². The predicted molar refractivity (Wildman–Crippen MR) is 76.4 cm³/mol. The molecule has 4 heteroatoms. The van der Waals surface area contributed by atoms with Gasteiger partial charge < -0.3 is 10.1 Å². The molecule has 1 aromatic heterocycles. The van der Waals surface area contributed by atoms with Crippen molar-refractivity contribution < 1.29 is 4.74 Å². The Morgan fingerprint density at radius 1 is 1.44 bits per heavy atom. The van der Waals surface area contributed by atoms with Crippen molar-refractivity contribution in [2.45, 2.75) is 32.3 Å². The van der Waals surface area contributed by atoms with E-state index in [-0.39, 0.29) is 0 Å². The number of hydrogen-bond donors (Lipinski definition) is 1. The van der Waals surface area contributed by atoms with Gasteiger partial charge in [0.05, 0.1) is 6.61 Å². The molecule has 1 N–H and O–H groups in total. The van der Waals surface area contributed by atoms with Gasteiger partial charge in [-0.05, 0) is 72.3 Å². The van der Waals surface area contributed by atoms with Crippen molar-refractivity contribution in [2.75, 3.05) is 19.7 Å². The topological polar surface area (TPSA) is 34.1 Å². The number of aromatic nitrogens is 1. The van der Waals surface area contributed by atoms with Crippen LogP contribution in [0.25, 0.3) is 0 Å². The molecule has 0 unspecified atom stereocenters.